The Kier molecular flexibility index (Phi) is 6.87. The van der Waals surface area contributed by atoms with E-state index in [1.165, 1.54) is 38.5 Å². The lowest BCUT2D eigenvalue weighted by atomic mass is 9.69. The van der Waals surface area contributed by atoms with Crippen LogP contribution in [-0.2, 0) is 0 Å². The summed E-state index contributed by atoms with van der Waals surface area (Å²) in [7, 11) is 0. The summed E-state index contributed by atoms with van der Waals surface area (Å²) in [6.07, 6.45) is 10.9. The number of ether oxygens (including phenoxy) is 1. The van der Waals surface area contributed by atoms with Gasteiger partial charge in [-0.2, -0.15) is 0 Å². The molecule has 2 fully saturated rings. The van der Waals surface area contributed by atoms with E-state index in [0.717, 1.165) is 58.3 Å². The monoisotopic (exact) mass is 484 g/mol. The van der Waals surface area contributed by atoms with Crippen LogP contribution in [0.15, 0.2) is 60.8 Å². The average molecular weight is 485 g/mol. The zero-order valence-electron chi connectivity index (χ0n) is 20.4. The third-order valence-corrected chi connectivity index (χ3v) is 8.47. The maximum absolute atomic E-state index is 6.26. The van der Waals surface area contributed by atoms with Crippen LogP contribution in [0, 0.1) is 29.6 Å². The van der Waals surface area contributed by atoms with Gasteiger partial charge in [-0.25, -0.2) is 4.98 Å². The third-order valence-electron chi connectivity index (χ3n) is 8.22. The first-order chi connectivity index (χ1) is 17.0. The molecule has 0 bridgehead atoms. The summed E-state index contributed by atoms with van der Waals surface area (Å²) in [4.78, 5) is 4.51. The lowest BCUT2D eigenvalue weighted by Crippen LogP contribution is -2.36. The normalized spacial score (nSPS) is 17.5. The first kappa shape index (κ1) is 23.9. The molecule has 3 nitrogen and oxygen atoms in total. The molecule has 0 spiro atoms. The fourth-order valence-corrected chi connectivity index (χ4v) is 5.99. The fourth-order valence-electron chi connectivity index (χ4n) is 5.86. The third kappa shape index (κ3) is 5.10. The van der Waals surface area contributed by atoms with Crippen LogP contribution < -0.4 is 10.5 Å². The lowest BCUT2D eigenvalue weighted by molar-refractivity contribution is 0.105. The van der Waals surface area contributed by atoms with Crippen molar-refractivity contribution in [2.75, 3.05) is 13.2 Å². The number of hydrogen-bond donors (Lipinski definition) is 1. The Labute approximate surface area is 214 Å². The Morgan fingerprint density at radius 1 is 0.914 bits per heavy atom. The van der Waals surface area contributed by atoms with Gasteiger partial charge in [0.1, 0.15) is 11.4 Å². The van der Waals surface area contributed by atoms with Crippen molar-refractivity contribution in [2.24, 2.45) is 16.6 Å². The molecule has 2 aromatic carbocycles. The maximum atomic E-state index is 6.26. The smallest absolute Gasteiger partial charge is 0.122 e. The summed E-state index contributed by atoms with van der Waals surface area (Å²) in [6.45, 7) is 3.68. The zero-order chi connectivity index (χ0) is 24.3. The number of aromatic nitrogens is 1. The molecule has 0 saturated heterocycles. The highest BCUT2D eigenvalue weighted by atomic mass is 35.5. The Balaban J connectivity index is 1.20. The highest BCUT2D eigenvalue weighted by Crippen LogP contribution is 2.65. The highest BCUT2D eigenvalue weighted by molar-refractivity contribution is 6.30. The minimum atomic E-state index is 0.391. The minimum Gasteiger partial charge on any atom is -0.493 e. The standard InChI is InChI=1S/C31H33ClN2O/c1-23-20-24(4-11-28-12-8-26(21-34-28)25-6-9-27(32)10-7-25)5-13-29(23)35-19-18-30(14-2-3-15-30)31(22-33)16-17-31/h5-10,12-13,20-21H,2-3,14-19,22,33H2,1H3. The lowest BCUT2D eigenvalue weighted by Gasteiger charge is -2.38. The molecule has 0 atom stereocenters. The molecule has 2 N–H and O–H groups in total. The molecule has 2 aliphatic carbocycles. The van der Waals surface area contributed by atoms with Gasteiger partial charge in [-0.05, 0) is 110 Å². The van der Waals surface area contributed by atoms with E-state index < -0.39 is 0 Å². The van der Waals surface area contributed by atoms with Crippen molar-refractivity contribution in [1.29, 1.82) is 0 Å². The van der Waals surface area contributed by atoms with E-state index in [4.69, 9.17) is 22.1 Å². The molecular weight excluding hydrogens is 452 g/mol. The van der Waals surface area contributed by atoms with Gasteiger partial charge in [-0.1, -0.05) is 48.6 Å². The largest absolute Gasteiger partial charge is 0.493 e. The zero-order valence-corrected chi connectivity index (χ0v) is 21.2. The van der Waals surface area contributed by atoms with Crippen molar-refractivity contribution in [2.45, 2.75) is 51.9 Å². The van der Waals surface area contributed by atoms with Crippen LogP contribution in [0.2, 0.25) is 5.02 Å². The number of pyridine rings is 1. The van der Waals surface area contributed by atoms with E-state index in [1.54, 1.807) is 0 Å². The van der Waals surface area contributed by atoms with Gasteiger partial charge >= 0.3 is 0 Å². The molecule has 0 amide bonds. The number of hydrogen-bond acceptors (Lipinski definition) is 3. The van der Waals surface area contributed by atoms with Crippen LogP contribution in [0.1, 0.15) is 61.8 Å². The van der Waals surface area contributed by atoms with Gasteiger partial charge in [0, 0.05) is 22.3 Å². The molecule has 180 valence electrons. The molecule has 2 saturated carbocycles. The molecule has 1 aromatic heterocycles. The quantitative estimate of drug-likeness (QED) is 0.361. The van der Waals surface area contributed by atoms with Gasteiger partial charge in [0.25, 0.3) is 0 Å². The number of rotatable bonds is 7. The van der Waals surface area contributed by atoms with Crippen LogP contribution in [0.25, 0.3) is 11.1 Å². The molecule has 35 heavy (non-hydrogen) atoms. The number of nitrogens with zero attached hydrogens (tertiary/aromatic N) is 1. The average Bonchev–Trinajstić information content (AvgIpc) is 3.55. The molecule has 1 heterocycles. The maximum Gasteiger partial charge on any atom is 0.122 e. The molecule has 0 radical (unpaired) electrons. The van der Waals surface area contributed by atoms with Crippen molar-refractivity contribution in [3.05, 3.63) is 82.6 Å². The van der Waals surface area contributed by atoms with Gasteiger partial charge in [-0.15, -0.1) is 0 Å². The van der Waals surface area contributed by atoms with Crippen LogP contribution in [0.3, 0.4) is 0 Å². The summed E-state index contributed by atoms with van der Waals surface area (Å²) in [5.74, 6) is 7.37. The van der Waals surface area contributed by atoms with Crippen LogP contribution in [-0.4, -0.2) is 18.1 Å². The first-order valence-electron chi connectivity index (χ1n) is 12.7. The fraction of sp³-hybridized carbons (Fsp3) is 0.387. The molecule has 0 unspecified atom stereocenters. The van der Waals surface area contributed by atoms with Crippen molar-refractivity contribution >= 4 is 11.6 Å². The van der Waals surface area contributed by atoms with Crippen molar-refractivity contribution in [3.63, 3.8) is 0 Å². The topological polar surface area (TPSA) is 48.1 Å². The molecule has 0 aliphatic heterocycles. The summed E-state index contributed by atoms with van der Waals surface area (Å²) in [5.41, 5.74) is 11.9. The second-order valence-electron chi connectivity index (χ2n) is 10.2. The van der Waals surface area contributed by atoms with E-state index in [1.807, 2.05) is 54.7 Å². The molecule has 4 heteroatoms. The Bertz CT molecular complexity index is 1230. The molecular formula is C31H33ClN2O. The second-order valence-corrected chi connectivity index (χ2v) is 10.7. The summed E-state index contributed by atoms with van der Waals surface area (Å²) >= 11 is 5.98. The van der Waals surface area contributed by atoms with Crippen LogP contribution in [0.5, 0.6) is 5.75 Å². The van der Waals surface area contributed by atoms with E-state index in [0.29, 0.717) is 10.8 Å². The number of aryl methyl sites for hydroxylation is 1. The van der Waals surface area contributed by atoms with Crippen molar-refractivity contribution in [3.8, 4) is 28.7 Å². The predicted octanol–water partition coefficient (Wildman–Crippen LogP) is 7.18. The Morgan fingerprint density at radius 3 is 2.29 bits per heavy atom. The van der Waals surface area contributed by atoms with Crippen LogP contribution in [0.4, 0.5) is 0 Å². The summed E-state index contributed by atoms with van der Waals surface area (Å²) in [6, 6.07) is 17.9. The van der Waals surface area contributed by atoms with Gasteiger partial charge in [0.15, 0.2) is 0 Å². The molecule has 5 rings (SSSR count). The first-order valence-corrected chi connectivity index (χ1v) is 13.1. The van der Waals surface area contributed by atoms with Crippen molar-refractivity contribution in [1.82, 2.24) is 4.98 Å². The van der Waals surface area contributed by atoms with E-state index in [2.05, 4.69) is 29.8 Å². The minimum absolute atomic E-state index is 0.391. The Morgan fingerprint density at radius 2 is 1.66 bits per heavy atom. The second kappa shape index (κ2) is 10.1. The van der Waals surface area contributed by atoms with Gasteiger partial charge in [0.2, 0.25) is 0 Å². The van der Waals surface area contributed by atoms with Crippen molar-refractivity contribution < 1.29 is 4.74 Å². The highest BCUT2D eigenvalue weighted by Gasteiger charge is 2.58. The predicted molar refractivity (Wildman–Crippen MR) is 144 cm³/mol. The Hall–Kier alpha value is -2.80. The van der Waals surface area contributed by atoms with Gasteiger partial charge in [0.05, 0.1) is 6.61 Å². The summed E-state index contributed by atoms with van der Waals surface area (Å²) < 4.78 is 6.26. The molecule has 3 aromatic rings. The number of halogens is 1. The van der Waals surface area contributed by atoms with Crippen LogP contribution >= 0.6 is 11.6 Å². The number of nitrogens with two attached hydrogens (primary N) is 1. The molecule has 2 aliphatic rings. The summed E-state index contributed by atoms with van der Waals surface area (Å²) in [5, 5.41) is 0.729. The van der Waals surface area contributed by atoms with E-state index in [9.17, 15) is 0 Å². The van der Waals surface area contributed by atoms with Gasteiger partial charge in [-0.3, -0.25) is 0 Å². The van der Waals surface area contributed by atoms with E-state index in [-0.39, 0.29) is 0 Å². The number of benzene rings is 2. The van der Waals surface area contributed by atoms with Gasteiger partial charge < -0.3 is 10.5 Å². The van der Waals surface area contributed by atoms with E-state index >= 15 is 0 Å². The SMILES string of the molecule is Cc1cc(C#Cc2ccc(-c3ccc(Cl)cc3)cn2)ccc1OCCC1(C2(CN)CC2)CCCC1.